The van der Waals surface area contributed by atoms with Crippen LogP contribution >= 0.6 is 0 Å². The quantitative estimate of drug-likeness (QED) is 0.773. The minimum absolute atomic E-state index is 0.181. The van der Waals surface area contributed by atoms with E-state index in [9.17, 15) is 18.0 Å². The summed E-state index contributed by atoms with van der Waals surface area (Å²) in [5.74, 6) is 0.336. The smallest absolute Gasteiger partial charge is 0.325 e. The summed E-state index contributed by atoms with van der Waals surface area (Å²) in [4.78, 5) is 26.1. The van der Waals surface area contributed by atoms with Gasteiger partial charge in [0.15, 0.2) is 0 Å². The van der Waals surface area contributed by atoms with Crippen molar-refractivity contribution in [1.29, 1.82) is 0 Å². The van der Waals surface area contributed by atoms with E-state index in [4.69, 9.17) is 4.74 Å². The highest BCUT2D eigenvalue weighted by molar-refractivity contribution is 7.89. The van der Waals surface area contributed by atoms with Crippen LogP contribution in [0.5, 0.6) is 5.75 Å². The summed E-state index contributed by atoms with van der Waals surface area (Å²) in [7, 11) is -2.13. The second-order valence-electron chi connectivity index (χ2n) is 6.55. The molecule has 2 heterocycles. The molecule has 142 valence electrons. The molecule has 0 atom stereocenters. The zero-order chi connectivity index (χ0) is 18.9. The molecule has 8 nitrogen and oxygen atoms in total. The van der Waals surface area contributed by atoms with Gasteiger partial charge in [0.05, 0.1) is 12.0 Å². The molecule has 0 unspecified atom stereocenters. The summed E-state index contributed by atoms with van der Waals surface area (Å²) in [6, 6.07) is 5.82. The van der Waals surface area contributed by atoms with E-state index in [0.29, 0.717) is 18.7 Å². The maximum Gasteiger partial charge on any atom is 0.325 e. The van der Waals surface area contributed by atoms with Crippen LogP contribution in [0.15, 0.2) is 29.2 Å². The number of hydrogen-bond donors (Lipinski definition) is 1. The van der Waals surface area contributed by atoms with Gasteiger partial charge in [-0.3, -0.25) is 9.69 Å². The molecule has 1 aromatic carbocycles. The number of hydrogen-bond acceptors (Lipinski definition) is 5. The molecule has 3 rings (SSSR count). The van der Waals surface area contributed by atoms with E-state index in [0.717, 1.165) is 0 Å². The number of carbonyl (C=O) groups excluding carboxylic acids is 2. The molecule has 1 aromatic rings. The van der Waals surface area contributed by atoms with E-state index < -0.39 is 15.6 Å². The molecule has 1 spiro atoms. The van der Waals surface area contributed by atoms with Crippen molar-refractivity contribution in [2.75, 3.05) is 26.7 Å². The van der Waals surface area contributed by atoms with Crippen LogP contribution in [0.2, 0.25) is 0 Å². The number of nitrogens with one attached hydrogen (secondary N) is 1. The number of carbonyl (C=O) groups is 2. The molecule has 1 N–H and O–H groups in total. The molecule has 0 saturated carbocycles. The highest BCUT2D eigenvalue weighted by Crippen LogP contribution is 2.32. The molecule has 3 amide bonds. The normalized spacial score (nSPS) is 20.5. The summed E-state index contributed by atoms with van der Waals surface area (Å²) in [6.07, 6.45) is 1.23. The van der Waals surface area contributed by atoms with Crippen molar-refractivity contribution in [3.8, 4) is 5.75 Å². The van der Waals surface area contributed by atoms with Crippen LogP contribution in [0.4, 0.5) is 4.79 Å². The van der Waals surface area contributed by atoms with Crippen LogP contribution in [0.3, 0.4) is 0 Å². The van der Waals surface area contributed by atoms with Crippen molar-refractivity contribution in [3.05, 3.63) is 24.3 Å². The fourth-order valence-electron chi connectivity index (χ4n) is 3.45. The number of methoxy groups -OCH3 is 1. The summed E-state index contributed by atoms with van der Waals surface area (Å²) in [5.41, 5.74) is -0.974. The molecular weight excluding hydrogens is 358 g/mol. The molecular formula is C17H23N3O5S. The first-order valence-electron chi connectivity index (χ1n) is 8.62. The Bertz CT molecular complexity index is 798. The number of urea groups is 1. The average Bonchev–Trinajstić information content (AvgIpc) is 2.86. The molecule has 0 bridgehead atoms. The van der Waals surface area contributed by atoms with Gasteiger partial charge in [-0.05, 0) is 43.5 Å². The highest BCUT2D eigenvalue weighted by Gasteiger charge is 2.53. The number of rotatable bonds is 5. The molecule has 9 heteroatoms. The number of piperidine rings is 1. The molecule has 2 aliphatic rings. The van der Waals surface area contributed by atoms with Crippen LogP contribution in [0, 0.1) is 0 Å². The molecule has 0 aromatic heterocycles. The number of ether oxygens (including phenoxy) is 1. The van der Waals surface area contributed by atoms with Crippen molar-refractivity contribution in [1.82, 2.24) is 14.5 Å². The van der Waals surface area contributed by atoms with E-state index in [1.165, 1.54) is 28.4 Å². The SMILES string of the molecule is CCCN1C(=O)NC2(CCN(S(=O)(=O)c3ccc(OC)cc3)CC2)C1=O. The van der Waals surface area contributed by atoms with Crippen molar-refractivity contribution in [3.63, 3.8) is 0 Å². The zero-order valence-electron chi connectivity index (χ0n) is 14.9. The predicted octanol–water partition coefficient (Wildman–Crippen LogP) is 1.18. The van der Waals surface area contributed by atoms with Gasteiger partial charge in [-0.1, -0.05) is 6.92 Å². The highest BCUT2D eigenvalue weighted by atomic mass is 32.2. The number of benzene rings is 1. The Morgan fingerprint density at radius 3 is 2.31 bits per heavy atom. The lowest BCUT2D eigenvalue weighted by Gasteiger charge is -2.36. The third-order valence-corrected chi connectivity index (χ3v) is 6.88. The number of imide groups is 1. The minimum Gasteiger partial charge on any atom is -0.497 e. The van der Waals surface area contributed by atoms with E-state index in [1.807, 2.05) is 6.92 Å². The Labute approximate surface area is 153 Å². The third-order valence-electron chi connectivity index (χ3n) is 4.97. The van der Waals surface area contributed by atoms with E-state index in [1.54, 1.807) is 12.1 Å². The van der Waals surface area contributed by atoms with E-state index in [-0.39, 0.29) is 42.8 Å². The van der Waals surface area contributed by atoms with Crippen molar-refractivity contribution < 1.29 is 22.7 Å². The van der Waals surface area contributed by atoms with Crippen LogP contribution in [-0.2, 0) is 14.8 Å². The van der Waals surface area contributed by atoms with Gasteiger partial charge in [-0.2, -0.15) is 4.31 Å². The maximum atomic E-state index is 12.8. The topological polar surface area (TPSA) is 96.0 Å². The van der Waals surface area contributed by atoms with E-state index >= 15 is 0 Å². The number of nitrogens with zero attached hydrogens (tertiary/aromatic N) is 2. The largest absolute Gasteiger partial charge is 0.497 e. The van der Waals surface area contributed by atoms with Gasteiger partial charge in [0.1, 0.15) is 11.3 Å². The van der Waals surface area contributed by atoms with Crippen LogP contribution in [0.25, 0.3) is 0 Å². The second-order valence-corrected chi connectivity index (χ2v) is 8.49. The Hall–Kier alpha value is -2.13. The van der Waals surface area contributed by atoms with Crippen molar-refractivity contribution in [2.24, 2.45) is 0 Å². The van der Waals surface area contributed by atoms with Crippen molar-refractivity contribution in [2.45, 2.75) is 36.6 Å². The fourth-order valence-corrected chi connectivity index (χ4v) is 4.89. The predicted molar refractivity (Wildman–Crippen MR) is 94.3 cm³/mol. The van der Waals surface area contributed by atoms with Crippen LogP contribution in [0.1, 0.15) is 26.2 Å². The van der Waals surface area contributed by atoms with Crippen LogP contribution in [-0.4, -0.2) is 61.8 Å². The molecule has 2 aliphatic heterocycles. The van der Waals surface area contributed by atoms with Gasteiger partial charge in [0.25, 0.3) is 5.91 Å². The first-order chi connectivity index (χ1) is 12.3. The summed E-state index contributed by atoms with van der Waals surface area (Å²) < 4.78 is 32.0. The van der Waals surface area contributed by atoms with Gasteiger partial charge in [-0.25, -0.2) is 13.2 Å². The molecule has 0 radical (unpaired) electrons. The lowest BCUT2D eigenvalue weighted by molar-refractivity contribution is -0.132. The number of sulfonamides is 1. The van der Waals surface area contributed by atoms with Gasteiger partial charge < -0.3 is 10.1 Å². The van der Waals surface area contributed by atoms with Crippen LogP contribution < -0.4 is 10.1 Å². The van der Waals surface area contributed by atoms with Gasteiger partial charge in [0.2, 0.25) is 10.0 Å². The van der Waals surface area contributed by atoms with Gasteiger partial charge in [-0.15, -0.1) is 0 Å². The Morgan fingerprint density at radius 2 is 1.77 bits per heavy atom. The molecule has 2 saturated heterocycles. The average molecular weight is 381 g/mol. The van der Waals surface area contributed by atoms with Gasteiger partial charge >= 0.3 is 6.03 Å². The maximum absolute atomic E-state index is 12.8. The fraction of sp³-hybridized carbons (Fsp3) is 0.529. The molecule has 0 aliphatic carbocycles. The molecule has 26 heavy (non-hydrogen) atoms. The Kier molecular flexibility index (Phi) is 4.94. The Balaban J connectivity index is 1.73. The molecule has 2 fully saturated rings. The lowest BCUT2D eigenvalue weighted by atomic mass is 9.88. The summed E-state index contributed by atoms with van der Waals surface area (Å²) in [6.45, 7) is 2.64. The first kappa shape index (κ1) is 18.7. The van der Waals surface area contributed by atoms with Gasteiger partial charge in [0, 0.05) is 19.6 Å². The minimum atomic E-state index is -3.65. The summed E-state index contributed by atoms with van der Waals surface area (Å²) >= 11 is 0. The first-order valence-corrected chi connectivity index (χ1v) is 10.1. The number of amides is 3. The standard InChI is InChI=1S/C17H23N3O5S/c1-3-10-20-15(21)17(18-16(20)22)8-11-19(12-9-17)26(23,24)14-6-4-13(25-2)5-7-14/h4-7H,3,8-12H2,1-2H3,(H,18,22). The van der Waals surface area contributed by atoms with Crippen molar-refractivity contribution >= 4 is 22.0 Å². The lowest BCUT2D eigenvalue weighted by Crippen LogP contribution is -2.55. The zero-order valence-corrected chi connectivity index (χ0v) is 15.7. The monoisotopic (exact) mass is 381 g/mol. The third kappa shape index (κ3) is 3.05. The summed E-state index contributed by atoms with van der Waals surface area (Å²) in [5, 5.41) is 2.78. The second kappa shape index (κ2) is 6.88. The Morgan fingerprint density at radius 1 is 1.15 bits per heavy atom. The van der Waals surface area contributed by atoms with E-state index in [2.05, 4.69) is 5.32 Å².